The Hall–Kier alpha value is -5.58. The molecular weight excluding hydrogens is 687 g/mol. The molecule has 2 aliphatic heterocycles. The van der Waals surface area contributed by atoms with Crippen molar-refractivity contribution in [3.63, 3.8) is 0 Å². The highest BCUT2D eigenvalue weighted by atomic mass is 19.1. The Kier molecular flexibility index (Phi) is 10.5. The number of amides is 3. The average molecular weight is 733 g/mol. The summed E-state index contributed by atoms with van der Waals surface area (Å²) < 4.78 is 25.0. The van der Waals surface area contributed by atoms with Crippen LogP contribution in [0, 0.1) is 11.7 Å². The van der Waals surface area contributed by atoms with Crippen LogP contribution in [0.25, 0.3) is 11.1 Å². The highest BCUT2D eigenvalue weighted by Gasteiger charge is 2.41. The van der Waals surface area contributed by atoms with Crippen molar-refractivity contribution < 1.29 is 33.0 Å². The Labute approximate surface area is 314 Å². The fraction of sp³-hybridized carbons (Fsp3) is 0.372. The van der Waals surface area contributed by atoms with Gasteiger partial charge in [0.25, 0.3) is 0 Å². The Morgan fingerprint density at radius 3 is 2.15 bits per heavy atom. The van der Waals surface area contributed by atoms with Crippen LogP contribution in [0.3, 0.4) is 0 Å². The number of aromatic nitrogens is 1. The van der Waals surface area contributed by atoms with E-state index >= 15 is 0 Å². The summed E-state index contributed by atoms with van der Waals surface area (Å²) in [5.41, 5.74) is 5.20. The number of ketones is 1. The van der Waals surface area contributed by atoms with Crippen molar-refractivity contribution in [1.29, 1.82) is 0 Å². The van der Waals surface area contributed by atoms with E-state index in [1.54, 1.807) is 42.8 Å². The van der Waals surface area contributed by atoms with E-state index in [-0.39, 0.29) is 36.2 Å². The first-order valence-electron chi connectivity index (χ1n) is 18.6. The number of pyridine rings is 1. The number of piperidine rings is 1. The van der Waals surface area contributed by atoms with Crippen LogP contribution in [-0.4, -0.2) is 76.5 Å². The predicted octanol–water partition coefficient (Wildman–Crippen LogP) is 7.67. The number of fused-ring (bicyclic) bond motifs is 3. The molecule has 2 atom stereocenters. The number of ether oxygens (including phenoxy) is 2. The molecule has 4 aromatic rings. The van der Waals surface area contributed by atoms with Crippen molar-refractivity contribution in [2.75, 3.05) is 26.2 Å². The van der Waals surface area contributed by atoms with Crippen molar-refractivity contribution >= 4 is 23.9 Å². The molecule has 1 aromatic heterocycles. The van der Waals surface area contributed by atoms with E-state index in [1.807, 2.05) is 24.3 Å². The molecule has 10 nitrogen and oxygen atoms in total. The highest BCUT2D eigenvalue weighted by molar-refractivity contribution is 6.08. The highest BCUT2D eigenvalue weighted by Crippen LogP contribution is 2.44. The SMILES string of the molecule is CC(C)(C)OC(=O)N[C@H](C(=O)N1CCC[C@H]1c1cncc(C(=O)c2ccc(F)cc2)c1)C1CCN(C(=O)OCC2c3ccccc3-c3ccccc32)CC1. The van der Waals surface area contributed by atoms with E-state index < -0.39 is 29.6 Å². The quantitative estimate of drug-likeness (QED) is 0.185. The van der Waals surface area contributed by atoms with Gasteiger partial charge in [-0.1, -0.05) is 48.5 Å². The molecule has 0 saturated carbocycles. The van der Waals surface area contributed by atoms with Crippen LogP contribution in [0.1, 0.15) is 91.0 Å². The number of hydrogen-bond acceptors (Lipinski definition) is 7. The van der Waals surface area contributed by atoms with Crippen LogP contribution < -0.4 is 5.32 Å². The largest absolute Gasteiger partial charge is 0.448 e. The molecule has 0 spiro atoms. The van der Waals surface area contributed by atoms with Crippen molar-refractivity contribution in [1.82, 2.24) is 20.1 Å². The molecule has 280 valence electrons. The number of likely N-dealkylation sites (tertiary alicyclic amines) is 2. The summed E-state index contributed by atoms with van der Waals surface area (Å²) >= 11 is 0. The van der Waals surface area contributed by atoms with E-state index in [0.717, 1.165) is 28.7 Å². The Morgan fingerprint density at radius 1 is 0.852 bits per heavy atom. The van der Waals surface area contributed by atoms with Crippen LogP contribution in [0.15, 0.2) is 91.3 Å². The topological polar surface area (TPSA) is 118 Å². The van der Waals surface area contributed by atoms with Gasteiger partial charge in [-0.05, 0) is 111 Å². The third-order valence-corrected chi connectivity index (χ3v) is 10.6. The normalized spacial score (nSPS) is 17.7. The molecular formula is C43H45FN4O6. The predicted molar refractivity (Wildman–Crippen MR) is 200 cm³/mol. The molecule has 3 aromatic carbocycles. The van der Waals surface area contributed by atoms with Crippen molar-refractivity contribution in [3.8, 4) is 11.1 Å². The standard InChI is InChI=1S/C43H45FN4O6/c1-43(2,3)54-41(51)46-38(40(50)48-20-8-13-37(48)29-23-30(25-45-24-29)39(49)28-14-16-31(44)17-15-28)27-18-21-47(22-19-27)42(52)53-26-36-34-11-6-4-9-32(34)33-10-5-7-12-35(33)36/h4-7,9-12,14-17,23-25,27,36-38H,8,13,18-22,26H2,1-3H3,(H,46,51)/t37-,38-/m0/s1. The number of nitrogens with one attached hydrogen (secondary N) is 1. The zero-order chi connectivity index (χ0) is 38.0. The number of rotatable bonds is 8. The Bertz CT molecular complexity index is 1990. The van der Waals surface area contributed by atoms with Crippen LogP contribution in [0.5, 0.6) is 0 Å². The Morgan fingerprint density at radius 2 is 1.50 bits per heavy atom. The second-order valence-corrected chi connectivity index (χ2v) is 15.3. The van der Waals surface area contributed by atoms with E-state index in [4.69, 9.17) is 9.47 Å². The number of benzene rings is 3. The second-order valence-electron chi connectivity index (χ2n) is 15.3. The first-order chi connectivity index (χ1) is 26.0. The van der Waals surface area contributed by atoms with Crippen LogP contribution in [0.4, 0.5) is 14.0 Å². The second kappa shape index (κ2) is 15.4. The molecule has 0 unspecified atom stereocenters. The van der Waals surface area contributed by atoms with Crippen LogP contribution in [0.2, 0.25) is 0 Å². The summed E-state index contributed by atoms with van der Waals surface area (Å²) in [6.07, 6.45) is 4.35. The smallest absolute Gasteiger partial charge is 0.409 e. The maximum Gasteiger partial charge on any atom is 0.409 e. The summed E-state index contributed by atoms with van der Waals surface area (Å²) in [6.45, 7) is 6.70. The minimum Gasteiger partial charge on any atom is -0.448 e. The summed E-state index contributed by atoms with van der Waals surface area (Å²) in [6, 6.07) is 22.2. The minimum absolute atomic E-state index is 0.0516. The lowest BCUT2D eigenvalue weighted by Crippen LogP contribution is -2.55. The molecule has 54 heavy (non-hydrogen) atoms. The van der Waals surface area contributed by atoms with Gasteiger partial charge >= 0.3 is 12.2 Å². The molecule has 1 N–H and O–H groups in total. The first-order valence-corrected chi connectivity index (χ1v) is 18.6. The monoisotopic (exact) mass is 732 g/mol. The van der Waals surface area contributed by atoms with Gasteiger partial charge in [-0.15, -0.1) is 0 Å². The molecule has 3 amide bonds. The fourth-order valence-corrected chi connectivity index (χ4v) is 8.00. The molecule has 2 fully saturated rings. The van der Waals surface area contributed by atoms with Gasteiger partial charge in [0.2, 0.25) is 5.91 Å². The van der Waals surface area contributed by atoms with Gasteiger partial charge in [-0.3, -0.25) is 14.6 Å². The first kappa shape index (κ1) is 36.8. The lowest BCUT2D eigenvalue weighted by atomic mass is 9.88. The molecule has 0 bridgehead atoms. The van der Waals surface area contributed by atoms with E-state index in [1.165, 1.54) is 30.5 Å². The van der Waals surface area contributed by atoms with Crippen LogP contribution >= 0.6 is 0 Å². The van der Waals surface area contributed by atoms with Crippen LogP contribution in [-0.2, 0) is 14.3 Å². The maximum atomic E-state index is 14.5. The fourth-order valence-electron chi connectivity index (χ4n) is 8.00. The Balaban J connectivity index is 1.03. The molecule has 7 rings (SSSR count). The number of halogens is 1. The average Bonchev–Trinajstić information content (AvgIpc) is 3.79. The van der Waals surface area contributed by atoms with E-state index in [0.29, 0.717) is 55.6 Å². The van der Waals surface area contributed by atoms with Crippen molar-refractivity contribution in [3.05, 3.63) is 125 Å². The number of nitrogens with zero attached hydrogens (tertiary/aromatic N) is 3. The molecule has 3 aliphatic rings. The van der Waals surface area contributed by atoms with Gasteiger partial charge in [-0.25, -0.2) is 14.0 Å². The van der Waals surface area contributed by atoms with Crippen molar-refractivity contribution in [2.45, 2.75) is 70.1 Å². The minimum atomic E-state index is -0.901. The van der Waals surface area contributed by atoms with Gasteiger partial charge in [0.1, 0.15) is 24.1 Å². The maximum absolute atomic E-state index is 14.5. The third kappa shape index (κ3) is 7.85. The summed E-state index contributed by atoms with van der Waals surface area (Å²) in [5, 5.41) is 2.89. The van der Waals surface area contributed by atoms with Gasteiger partial charge in [0.05, 0.1) is 6.04 Å². The summed E-state index contributed by atoms with van der Waals surface area (Å²) in [7, 11) is 0. The molecule has 11 heteroatoms. The zero-order valence-corrected chi connectivity index (χ0v) is 30.8. The third-order valence-electron chi connectivity index (χ3n) is 10.6. The lowest BCUT2D eigenvalue weighted by Gasteiger charge is -2.38. The van der Waals surface area contributed by atoms with Gasteiger partial charge < -0.3 is 24.6 Å². The zero-order valence-electron chi connectivity index (χ0n) is 30.8. The summed E-state index contributed by atoms with van der Waals surface area (Å²) in [5.74, 6) is -1.31. The van der Waals surface area contributed by atoms with Gasteiger partial charge in [-0.2, -0.15) is 0 Å². The van der Waals surface area contributed by atoms with E-state index in [2.05, 4.69) is 34.6 Å². The number of carbonyl (C=O) groups is 4. The van der Waals surface area contributed by atoms with Crippen molar-refractivity contribution in [2.24, 2.45) is 5.92 Å². The van der Waals surface area contributed by atoms with Gasteiger partial charge in [0, 0.05) is 49.1 Å². The van der Waals surface area contributed by atoms with Gasteiger partial charge in [0.15, 0.2) is 5.78 Å². The molecule has 0 radical (unpaired) electrons. The lowest BCUT2D eigenvalue weighted by molar-refractivity contribution is -0.136. The molecule has 3 heterocycles. The number of alkyl carbamates (subject to hydrolysis) is 1. The molecule has 2 saturated heterocycles. The number of carbonyl (C=O) groups excluding carboxylic acids is 4. The summed E-state index contributed by atoms with van der Waals surface area (Å²) in [4.78, 5) is 62.0. The number of hydrogen-bond donors (Lipinski definition) is 1. The van der Waals surface area contributed by atoms with E-state index in [9.17, 15) is 23.6 Å². The molecule has 1 aliphatic carbocycles.